The van der Waals surface area contributed by atoms with Gasteiger partial charge in [-0.3, -0.25) is 0 Å². The SMILES string of the molecule is Fc1ccc(-c2nnc3sc(-c4ccccc4F)nn23)cc1Cl. The number of benzene rings is 2. The molecule has 0 saturated heterocycles. The summed E-state index contributed by atoms with van der Waals surface area (Å²) in [5.41, 5.74) is 0.973. The Morgan fingerprint density at radius 1 is 1.00 bits per heavy atom. The Bertz CT molecular complexity index is 1030. The van der Waals surface area contributed by atoms with Crippen molar-refractivity contribution in [2.45, 2.75) is 0 Å². The fourth-order valence-electron chi connectivity index (χ4n) is 2.18. The van der Waals surface area contributed by atoms with Crippen molar-refractivity contribution in [2.24, 2.45) is 0 Å². The summed E-state index contributed by atoms with van der Waals surface area (Å²) in [6.07, 6.45) is 0. The van der Waals surface area contributed by atoms with Crippen LogP contribution in [0.15, 0.2) is 42.5 Å². The first-order chi connectivity index (χ1) is 11.1. The molecule has 0 N–H and O–H groups in total. The minimum Gasteiger partial charge on any atom is -0.206 e. The van der Waals surface area contributed by atoms with Crippen molar-refractivity contribution in [3.05, 3.63) is 59.1 Å². The van der Waals surface area contributed by atoms with E-state index >= 15 is 0 Å². The lowest BCUT2D eigenvalue weighted by molar-refractivity contribution is 0.628. The van der Waals surface area contributed by atoms with E-state index in [2.05, 4.69) is 15.3 Å². The van der Waals surface area contributed by atoms with Crippen LogP contribution in [0, 0.1) is 11.6 Å². The second-order valence-corrected chi connectivity index (χ2v) is 6.10. The van der Waals surface area contributed by atoms with Crippen molar-refractivity contribution in [3.63, 3.8) is 0 Å². The lowest BCUT2D eigenvalue weighted by atomic mass is 10.2. The molecular formula is C15H7ClF2N4S. The molecule has 0 aliphatic rings. The topological polar surface area (TPSA) is 43.1 Å². The first-order valence-electron chi connectivity index (χ1n) is 6.56. The third-order valence-corrected chi connectivity index (χ3v) is 4.49. The van der Waals surface area contributed by atoms with E-state index in [1.165, 1.54) is 34.1 Å². The zero-order valence-corrected chi connectivity index (χ0v) is 12.9. The van der Waals surface area contributed by atoms with Crippen LogP contribution in [-0.4, -0.2) is 19.8 Å². The van der Waals surface area contributed by atoms with Crippen LogP contribution in [0.3, 0.4) is 0 Å². The van der Waals surface area contributed by atoms with E-state index in [-0.39, 0.29) is 10.8 Å². The van der Waals surface area contributed by atoms with Crippen LogP contribution in [0.25, 0.3) is 26.9 Å². The van der Waals surface area contributed by atoms with E-state index in [4.69, 9.17) is 11.6 Å². The van der Waals surface area contributed by atoms with E-state index in [1.807, 2.05) is 0 Å². The Hall–Kier alpha value is -2.38. The van der Waals surface area contributed by atoms with Gasteiger partial charge in [-0.25, -0.2) is 8.78 Å². The lowest BCUT2D eigenvalue weighted by Crippen LogP contribution is -1.92. The van der Waals surface area contributed by atoms with Crippen LogP contribution in [0.1, 0.15) is 0 Å². The van der Waals surface area contributed by atoms with Crippen molar-refractivity contribution in [3.8, 4) is 22.0 Å². The highest BCUT2D eigenvalue weighted by Gasteiger charge is 2.17. The molecule has 4 aromatic rings. The van der Waals surface area contributed by atoms with Crippen molar-refractivity contribution in [2.75, 3.05) is 0 Å². The second kappa shape index (κ2) is 5.36. The summed E-state index contributed by atoms with van der Waals surface area (Å²) in [6.45, 7) is 0. The zero-order valence-electron chi connectivity index (χ0n) is 11.4. The molecule has 0 unspecified atom stereocenters. The molecule has 0 amide bonds. The molecule has 8 heteroatoms. The molecule has 0 fully saturated rings. The predicted octanol–water partition coefficient (Wildman–Crippen LogP) is 4.45. The van der Waals surface area contributed by atoms with Crippen LogP contribution < -0.4 is 0 Å². The molecule has 114 valence electrons. The van der Waals surface area contributed by atoms with Crippen molar-refractivity contribution >= 4 is 27.9 Å². The summed E-state index contributed by atoms with van der Waals surface area (Å²) in [6, 6.07) is 10.6. The van der Waals surface area contributed by atoms with E-state index in [1.54, 1.807) is 24.3 Å². The first-order valence-corrected chi connectivity index (χ1v) is 7.75. The van der Waals surface area contributed by atoms with Gasteiger partial charge in [0, 0.05) is 11.1 Å². The maximum Gasteiger partial charge on any atom is 0.235 e. The van der Waals surface area contributed by atoms with Crippen LogP contribution >= 0.6 is 22.9 Å². The highest BCUT2D eigenvalue weighted by molar-refractivity contribution is 7.19. The number of hydrogen-bond donors (Lipinski definition) is 0. The minimum absolute atomic E-state index is 0.0104. The summed E-state index contributed by atoms with van der Waals surface area (Å²) < 4.78 is 28.7. The summed E-state index contributed by atoms with van der Waals surface area (Å²) >= 11 is 7.02. The van der Waals surface area contributed by atoms with E-state index in [0.717, 1.165) is 0 Å². The standard InChI is InChI=1S/C15H7ClF2N4S/c16-10-7-8(5-6-12(10)18)13-19-20-15-22(13)21-14(23-15)9-3-1-2-4-11(9)17/h1-7H. The van der Waals surface area contributed by atoms with Crippen LogP contribution in [0.5, 0.6) is 0 Å². The average molecular weight is 349 g/mol. The first kappa shape index (κ1) is 14.2. The summed E-state index contributed by atoms with van der Waals surface area (Å²) in [5, 5.41) is 12.9. The van der Waals surface area contributed by atoms with Gasteiger partial charge in [0.05, 0.1) is 5.02 Å². The summed E-state index contributed by atoms with van der Waals surface area (Å²) in [4.78, 5) is 0.513. The van der Waals surface area contributed by atoms with Crippen LogP contribution in [-0.2, 0) is 0 Å². The Morgan fingerprint density at radius 2 is 1.83 bits per heavy atom. The molecule has 0 aliphatic carbocycles. The fourth-order valence-corrected chi connectivity index (χ4v) is 3.22. The summed E-state index contributed by atoms with van der Waals surface area (Å²) in [7, 11) is 0. The van der Waals surface area contributed by atoms with Gasteiger partial charge in [-0.15, -0.1) is 10.2 Å². The number of aromatic nitrogens is 4. The highest BCUT2D eigenvalue weighted by atomic mass is 35.5. The maximum absolute atomic E-state index is 13.9. The quantitative estimate of drug-likeness (QED) is 0.537. The van der Waals surface area contributed by atoms with E-state index < -0.39 is 5.82 Å². The van der Waals surface area contributed by atoms with Gasteiger partial charge in [0.25, 0.3) is 0 Å². The van der Waals surface area contributed by atoms with Gasteiger partial charge in [0.15, 0.2) is 10.8 Å². The third kappa shape index (κ3) is 2.38. The number of hydrogen-bond acceptors (Lipinski definition) is 4. The molecule has 2 heterocycles. The smallest absolute Gasteiger partial charge is 0.206 e. The number of nitrogens with zero attached hydrogens (tertiary/aromatic N) is 4. The van der Waals surface area contributed by atoms with Crippen molar-refractivity contribution in [1.82, 2.24) is 19.8 Å². The Labute approximate surface area is 138 Å². The van der Waals surface area contributed by atoms with E-state index in [9.17, 15) is 8.78 Å². The molecular weight excluding hydrogens is 342 g/mol. The molecule has 0 bridgehead atoms. The van der Waals surface area contributed by atoms with Gasteiger partial charge in [0.2, 0.25) is 4.96 Å². The van der Waals surface area contributed by atoms with Crippen molar-refractivity contribution in [1.29, 1.82) is 0 Å². The highest BCUT2D eigenvalue weighted by Crippen LogP contribution is 2.30. The largest absolute Gasteiger partial charge is 0.235 e. The minimum atomic E-state index is -0.513. The predicted molar refractivity (Wildman–Crippen MR) is 84.5 cm³/mol. The fraction of sp³-hybridized carbons (Fsp3) is 0. The molecule has 0 atom stereocenters. The molecule has 0 spiro atoms. The van der Waals surface area contributed by atoms with Crippen LogP contribution in [0.4, 0.5) is 8.78 Å². The number of rotatable bonds is 2. The van der Waals surface area contributed by atoms with Gasteiger partial charge >= 0.3 is 0 Å². The second-order valence-electron chi connectivity index (χ2n) is 4.73. The van der Waals surface area contributed by atoms with Gasteiger partial charge in [-0.1, -0.05) is 35.1 Å². The monoisotopic (exact) mass is 348 g/mol. The Kier molecular flexibility index (Phi) is 3.32. The summed E-state index contributed by atoms with van der Waals surface area (Å²) in [5.74, 6) is -0.453. The van der Waals surface area contributed by atoms with Gasteiger partial charge in [0.1, 0.15) is 11.6 Å². The number of fused-ring (bicyclic) bond motifs is 1. The Balaban J connectivity index is 1.87. The molecule has 0 aliphatic heterocycles. The van der Waals surface area contributed by atoms with Gasteiger partial charge in [-0.2, -0.15) is 9.61 Å². The number of halogens is 3. The van der Waals surface area contributed by atoms with Crippen LogP contribution in [0.2, 0.25) is 5.02 Å². The normalized spacial score (nSPS) is 11.3. The third-order valence-electron chi connectivity index (χ3n) is 3.27. The van der Waals surface area contributed by atoms with Gasteiger partial charge < -0.3 is 0 Å². The molecule has 0 radical (unpaired) electrons. The molecule has 4 rings (SSSR count). The van der Waals surface area contributed by atoms with Crippen molar-refractivity contribution < 1.29 is 8.78 Å². The molecule has 4 nitrogen and oxygen atoms in total. The zero-order chi connectivity index (χ0) is 16.0. The lowest BCUT2D eigenvalue weighted by Gasteiger charge is -1.99. The molecule has 23 heavy (non-hydrogen) atoms. The van der Waals surface area contributed by atoms with Gasteiger partial charge in [-0.05, 0) is 30.3 Å². The van der Waals surface area contributed by atoms with E-state index in [0.29, 0.717) is 26.9 Å². The molecule has 0 saturated carbocycles. The molecule has 2 aromatic carbocycles. The Morgan fingerprint density at radius 3 is 2.61 bits per heavy atom. The average Bonchev–Trinajstić information content (AvgIpc) is 3.11. The molecule has 2 aromatic heterocycles. The maximum atomic E-state index is 13.9.